The Kier molecular flexibility index (Phi) is 5.40. The minimum atomic E-state index is -0.516. The minimum absolute atomic E-state index is 0.206. The number of rotatable bonds is 6. The molecule has 1 aliphatic rings. The molecule has 5 nitrogen and oxygen atoms in total. The molecule has 0 aromatic heterocycles. The number of aliphatic hydroxyl groups is 1. The zero-order valence-corrected chi connectivity index (χ0v) is 16.1. The van der Waals surface area contributed by atoms with Crippen LogP contribution in [0.3, 0.4) is 0 Å². The molecule has 0 aliphatic carbocycles. The van der Waals surface area contributed by atoms with E-state index in [1.54, 1.807) is 13.2 Å². The van der Waals surface area contributed by atoms with E-state index in [1.165, 1.54) is 5.56 Å². The van der Waals surface area contributed by atoms with Crippen molar-refractivity contribution in [3.05, 3.63) is 89.0 Å². The van der Waals surface area contributed by atoms with E-state index in [0.29, 0.717) is 11.3 Å². The predicted molar refractivity (Wildman–Crippen MR) is 113 cm³/mol. The second-order valence-electron chi connectivity index (χ2n) is 6.95. The van der Waals surface area contributed by atoms with Crippen LogP contribution >= 0.6 is 0 Å². The van der Waals surface area contributed by atoms with Crippen LogP contribution in [0.1, 0.15) is 33.1 Å². The molecule has 1 amide bonds. The van der Waals surface area contributed by atoms with E-state index in [9.17, 15) is 9.90 Å². The Hall–Kier alpha value is -3.44. The number of carbonyl (C=O) groups is 1. The van der Waals surface area contributed by atoms with Gasteiger partial charge in [-0.15, -0.1) is 0 Å². The molecule has 0 saturated heterocycles. The summed E-state index contributed by atoms with van der Waals surface area (Å²) in [6.45, 7) is 0.521. The molecule has 3 aromatic carbocycles. The average Bonchev–Trinajstić information content (AvgIpc) is 3.25. The van der Waals surface area contributed by atoms with Crippen LogP contribution in [0.15, 0.2) is 71.7 Å². The van der Waals surface area contributed by atoms with Crippen molar-refractivity contribution in [1.29, 1.82) is 0 Å². The fourth-order valence-electron chi connectivity index (χ4n) is 3.46. The monoisotopic (exact) mass is 386 g/mol. The molecule has 4 rings (SSSR count). The number of aliphatic hydroxyl groups excluding tert-OH is 1. The van der Waals surface area contributed by atoms with E-state index in [4.69, 9.17) is 4.74 Å². The third-order valence-corrected chi connectivity index (χ3v) is 5.08. The van der Waals surface area contributed by atoms with Gasteiger partial charge < -0.3 is 15.2 Å². The molecule has 0 fully saturated rings. The van der Waals surface area contributed by atoms with Gasteiger partial charge in [-0.1, -0.05) is 36.4 Å². The van der Waals surface area contributed by atoms with Gasteiger partial charge in [0.25, 0.3) is 5.91 Å². The molecule has 3 aromatic rings. The number of ether oxygens (including phenoxy) is 1. The quantitative estimate of drug-likeness (QED) is 0.678. The van der Waals surface area contributed by atoms with Crippen LogP contribution in [0.5, 0.6) is 5.75 Å². The van der Waals surface area contributed by atoms with Gasteiger partial charge in [-0.25, -0.2) is 0 Å². The lowest BCUT2D eigenvalue weighted by atomic mass is 9.98. The van der Waals surface area contributed by atoms with Gasteiger partial charge in [0.15, 0.2) is 0 Å². The normalized spacial score (nSPS) is 13.0. The van der Waals surface area contributed by atoms with Gasteiger partial charge in [0, 0.05) is 11.8 Å². The number of benzene rings is 3. The summed E-state index contributed by atoms with van der Waals surface area (Å²) in [6, 6.07) is 20.5. The molecule has 5 heteroatoms. The van der Waals surface area contributed by atoms with Crippen molar-refractivity contribution in [2.75, 3.05) is 13.7 Å². The van der Waals surface area contributed by atoms with Crippen molar-refractivity contribution in [1.82, 2.24) is 5.32 Å². The van der Waals surface area contributed by atoms with E-state index >= 15 is 0 Å². The van der Waals surface area contributed by atoms with Gasteiger partial charge >= 0.3 is 0 Å². The summed E-state index contributed by atoms with van der Waals surface area (Å²) in [5.74, 6) is 0.439. The van der Waals surface area contributed by atoms with Crippen LogP contribution in [-0.4, -0.2) is 30.9 Å². The fraction of sp³-hybridized carbons (Fsp3) is 0.167. The Balaban J connectivity index is 1.56. The zero-order chi connectivity index (χ0) is 20.2. The number of nitrogens with one attached hydrogen (secondary N) is 1. The van der Waals surface area contributed by atoms with Crippen LogP contribution in [0, 0.1) is 0 Å². The van der Waals surface area contributed by atoms with Crippen LogP contribution in [0.2, 0.25) is 0 Å². The smallest absolute Gasteiger partial charge is 0.251 e. The number of hydrogen-bond acceptors (Lipinski definition) is 4. The topological polar surface area (TPSA) is 70.9 Å². The molecule has 1 unspecified atom stereocenters. The summed E-state index contributed by atoms with van der Waals surface area (Å²) >= 11 is 0. The van der Waals surface area contributed by atoms with Crippen molar-refractivity contribution < 1.29 is 14.6 Å². The summed E-state index contributed by atoms with van der Waals surface area (Å²) < 4.78 is 5.23. The highest BCUT2D eigenvalue weighted by Crippen LogP contribution is 2.26. The molecule has 0 spiro atoms. The Labute approximate surface area is 169 Å². The third kappa shape index (κ3) is 4.05. The molecule has 1 atom stereocenters. The number of carbonyl (C=O) groups excluding carboxylic acids is 1. The van der Waals surface area contributed by atoms with Gasteiger partial charge in [-0.3, -0.25) is 9.79 Å². The summed E-state index contributed by atoms with van der Waals surface area (Å²) in [7, 11) is 1.59. The van der Waals surface area contributed by atoms with Gasteiger partial charge in [0.1, 0.15) is 5.75 Å². The lowest BCUT2D eigenvalue weighted by Gasteiger charge is -2.18. The maximum absolute atomic E-state index is 12.8. The molecular weight excluding hydrogens is 364 g/mol. The Bertz CT molecular complexity index is 1080. The van der Waals surface area contributed by atoms with E-state index < -0.39 is 6.04 Å². The van der Waals surface area contributed by atoms with Gasteiger partial charge in [0.2, 0.25) is 0 Å². The van der Waals surface area contributed by atoms with Crippen molar-refractivity contribution in [3.63, 3.8) is 0 Å². The standard InChI is InChI=1S/C24H22N2O3/c1-29-22-7-3-5-18(12-22)23(15-27)26-24(28)19-6-2-4-16(10-19)17-8-9-20-13-25-14-21(20)11-17/h2-12,14,23,27H,13,15H2,1H3,(H,26,28). The predicted octanol–water partition coefficient (Wildman–Crippen LogP) is 3.76. The van der Waals surface area contributed by atoms with E-state index in [1.807, 2.05) is 48.7 Å². The Morgan fingerprint density at radius 3 is 2.76 bits per heavy atom. The number of hydrogen-bond donors (Lipinski definition) is 2. The number of methoxy groups -OCH3 is 1. The highest BCUT2D eigenvalue weighted by Gasteiger charge is 2.16. The van der Waals surface area contributed by atoms with Crippen LogP contribution in [-0.2, 0) is 6.54 Å². The van der Waals surface area contributed by atoms with E-state index in [2.05, 4.69) is 28.5 Å². The largest absolute Gasteiger partial charge is 0.497 e. The molecule has 0 saturated carbocycles. The molecular formula is C24H22N2O3. The number of amides is 1. The third-order valence-electron chi connectivity index (χ3n) is 5.08. The molecule has 29 heavy (non-hydrogen) atoms. The van der Waals surface area contributed by atoms with Gasteiger partial charge in [-0.05, 0) is 58.1 Å². The summed E-state index contributed by atoms with van der Waals surface area (Å²) in [4.78, 5) is 17.1. The van der Waals surface area contributed by atoms with Crippen molar-refractivity contribution in [3.8, 4) is 16.9 Å². The Morgan fingerprint density at radius 2 is 1.93 bits per heavy atom. The van der Waals surface area contributed by atoms with Crippen LogP contribution in [0.25, 0.3) is 11.1 Å². The zero-order valence-electron chi connectivity index (χ0n) is 16.1. The van der Waals surface area contributed by atoms with Crippen molar-refractivity contribution >= 4 is 12.1 Å². The number of fused-ring (bicyclic) bond motifs is 1. The van der Waals surface area contributed by atoms with Crippen LogP contribution in [0.4, 0.5) is 0 Å². The average molecular weight is 386 g/mol. The molecule has 1 aliphatic heterocycles. The highest BCUT2D eigenvalue weighted by molar-refractivity contribution is 5.96. The van der Waals surface area contributed by atoms with Gasteiger partial charge in [-0.2, -0.15) is 0 Å². The summed E-state index contributed by atoms with van der Waals surface area (Å²) in [5, 5.41) is 12.7. The second kappa shape index (κ2) is 8.29. The molecule has 0 bridgehead atoms. The maximum atomic E-state index is 12.8. The molecule has 1 heterocycles. The van der Waals surface area contributed by atoms with E-state index in [0.717, 1.165) is 28.8 Å². The maximum Gasteiger partial charge on any atom is 0.251 e. The van der Waals surface area contributed by atoms with Gasteiger partial charge in [0.05, 0.1) is 26.3 Å². The summed E-state index contributed by atoms with van der Waals surface area (Å²) in [5.41, 5.74) is 5.66. The number of nitrogens with zero attached hydrogens (tertiary/aromatic N) is 1. The van der Waals surface area contributed by atoms with Crippen molar-refractivity contribution in [2.24, 2.45) is 4.99 Å². The SMILES string of the molecule is COc1cccc(C(CO)NC(=O)c2cccc(-c3ccc4c(c3)C=NC4)c2)c1. The first kappa shape index (κ1) is 18.9. The lowest BCUT2D eigenvalue weighted by molar-refractivity contribution is 0.0916. The lowest BCUT2D eigenvalue weighted by Crippen LogP contribution is -2.30. The van der Waals surface area contributed by atoms with Crippen LogP contribution < -0.4 is 10.1 Å². The van der Waals surface area contributed by atoms with Crippen molar-refractivity contribution in [2.45, 2.75) is 12.6 Å². The molecule has 146 valence electrons. The first-order chi connectivity index (χ1) is 14.2. The number of aliphatic imine (C=N–C) groups is 1. The Morgan fingerprint density at radius 1 is 1.10 bits per heavy atom. The highest BCUT2D eigenvalue weighted by atomic mass is 16.5. The first-order valence-corrected chi connectivity index (χ1v) is 9.47. The second-order valence-corrected chi connectivity index (χ2v) is 6.95. The molecule has 2 N–H and O–H groups in total. The first-order valence-electron chi connectivity index (χ1n) is 9.47. The summed E-state index contributed by atoms with van der Waals surface area (Å²) in [6.07, 6.45) is 1.88. The minimum Gasteiger partial charge on any atom is -0.497 e. The molecule has 0 radical (unpaired) electrons. The van der Waals surface area contributed by atoms with E-state index in [-0.39, 0.29) is 12.5 Å². The fourth-order valence-corrected chi connectivity index (χ4v) is 3.46.